The number of aryl methyl sites for hydroxylation is 1. The molecule has 0 bridgehead atoms. The summed E-state index contributed by atoms with van der Waals surface area (Å²) < 4.78 is 0. The van der Waals surface area contributed by atoms with Gasteiger partial charge in [-0.3, -0.25) is 9.79 Å². The lowest BCUT2D eigenvalue weighted by atomic mass is 9.93. The van der Waals surface area contributed by atoms with Crippen LogP contribution >= 0.6 is 0 Å². The summed E-state index contributed by atoms with van der Waals surface area (Å²) in [6, 6.07) is 9.18. The standard InChI is InChI=1S/C21H32N4O/c1-4-23-21(25-11-9-16(10-12-25)13-20(26)22-3)24-19-14-18(19)17-8-6-5-7-15(17)2/h5-8,16,18-19H,4,9-14H2,1-3H3,(H,22,26)(H,23,24). The number of guanidine groups is 1. The lowest BCUT2D eigenvalue weighted by molar-refractivity contribution is -0.121. The number of likely N-dealkylation sites (tertiary alicyclic amines) is 1. The van der Waals surface area contributed by atoms with Crippen molar-refractivity contribution >= 4 is 11.9 Å². The van der Waals surface area contributed by atoms with Crippen LogP contribution in [0.5, 0.6) is 0 Å². The molecule has 2 aliphatic rings. The number of carbonyl (C=O) groups excluding carboxylic acids is 1. The Bertz CT molecular complexity index is 649. The summed E-state index contributed by atoms with van der Waals surface area (Å²) in [5.41, 5.74) is 2.84. The molecule has 1 saturated carbocycles. The van der Waals surface area contributed by atoms with Crippen LogP contribution in [-0.4, -0.2) is 49.5 Å². The predicted octanol–water partition coefficient (Wildman–Crippen LogP) is 2.66. The first-order chi connectivity index (χ1) is 12.6. The van der Waals surface area contributed by atoms with Crippen LogP contribution in [0.2, 0.25) is 0 Å². The maximum Gasteiger partial charge on any atom is 0.220 e. The minimum atomic E-state index is 0.156. The normalized spacial score (nSPS) is 23.7. The van der Waals surface area contributed by atoms with E-state index in [0.717, 1.165) is 38.4 Å². The van der Waals surface area contributed by atoms with Crippen LogP contribution in [0.1, 0.15) is 49.7 Å². The fourth-order valence-electron chi connectivity index (χ4n) is 3.97. The topological polar surface area (TPSA) is 56.7 Å². The number of hydrogen-bond acceptors (Lipinski definition) is 2. The van der Waals surface area contributed by atoms with Gasteiger partial charge < -0.3 is 15.5 Å². The van der Waals surface area contributed by atoms with Gasteiger partial charge in [0, 0.05) is 45.1 Å². The zero-order chi connectivity index (χ0) is 18.5. The van der Waals surface area contributed by atoms with Crippen molar-refractivity contribution in [1.29, 1.82) is 0 Å². The van der Waals surface area contributed by atoms with Gasteiger partial charge in [-0.1, -0.05) is 24.3 Å². The summed E-state index contributed by atoms with van der Waals surface area (Å²) in [5.74, 6) is 2.30. The SMILES string of the molecule is CCN=C(NC1CC1c1ccccc1C)N1CCC(CC(=O)NC)CC1. The number of piperidine rings is 1. The summed E-state index contributed by atoms with van der Waals surface area (Å²) in [6.45, 7) is 7.04. The molecular formula is C21H32N4O. The van der Waals surface area contributed by atoms with E-state index in [1.807, 2.05) is 0 Å². The molecule has 2 fully saturated rings. The highest BCUT2D eigenvalue weighted by atomic mass is 16.1. The second-order valence-electron chi connectivity index (χ2n) is 7.56. The van der Waals surface area contributed by atoms with Gasteiger partial charge in [-0.2, -0.15) is 0 Å². The number of hydrogen-bond donors (Lipinski definition) is 2. The van der Waals surface area contributed by atoms with Gasteiger partial charge in [0.1, 0.15) is 0 Å². The molecule has 1 aromatic carbocycles. The third kappa shape index (κ3) is 4.57. The van der Waals surface area contributed by atoms with Crippen LogP contribution in [0.3, 0.4) is 0 Å². The molecule has 0 radical (unpaired) electrons. The van der Waals surface area contributed by atoms with Crippen LogP contribution < -0.4 is 10.6 Å². The van der Waals surface area contributed by atoms with Crippen molar-refractivity contribution in [2.45, 2.75) is 51.5 Å². The third-order valence-corrected chi connectivity index (χ3v) is 5.67. The Morgan fingerprint density at radius 2 is 2.00 bits per heavy atom. The minimum Gasteiger partial charge on any atom is -0.359 e. The molecule has 2 atom stereocenters. The predicted molar refractivity (Wildman–Crippen MR) is 106 cm³/mol. The van der Waals surface area contributed by atoms with E-state index in [9.17, 15) is 4.79 Å². The molecule has 3 rings (SSSR count). The van der Waals surface area contributed by atoms with E-state index >= 15 is 0 Å². The Morgan fingerprint density at radius 1 is 1.27 bits per heavy atom. The molecule has 5 heteroatoms. The summed E-state index contributed by atoms with van der Waals surface area (Å²) in [7, 11) is 1.72. The van der Waals surface area contributed by atoms with Crippen molar-refractivity contribution < 1.29 is 4.79 Å². The smallest absolute Gasteiger partial charge is 0.220 e. The highest BCUT2D eigenvalue weighted by Crippen LogP contribution is 2.42. The number of rotatable bonds is 5. The third-order valence-electron chi connectivity index (χ3n) is 5.67. The molecule has 1 aliphatic carbocycles. The Kier molecular flexibility index (Phi) is 6.17. The maximum atomic E-state index is 11.6. The monoisotopic (exact) mass is 356 g/mol. The van der Waals surface area contributed by atoms with E-state index < -0.39 is 0 Å². The minimum absolute atomic E-state index is 0.156. The number of nitrogens with one attached hydrogen (secondary N) is 2. The first kappa shape index (κ1) is 18.7. The lowest BCUT2D eigenvalue weighted by Gasteiger charge is -2.34. The van der Waals surface area contributed by atoms with Crippen LogP contribution in [0.4, 0.5) is 0 Å². The molecule has 26 heavy (non-hydrogen) atoms. The average molecular weight is 357 g/mol. The molecule has 142 valence electrons. The van der Waals surface area contributed by atoms with Gasteiger partial charge in [-0.15, -0.1) is 0 Å². The fourth-order valence-corrected chi connectivity index (χ4v) is 3.97. The van der Waals surface area contributed by atoms with Crippen molar-refractivity contribution in [2.24, 2.45) is 10.9 Å². The van der Waals surface area contributed by atoms with Gasteiger partial charge in [0.25, 0.3) is 0 Å². The lowest BCUT2D eigenvalue weighted by Crippen LogP contribution is -2.47. The summed E-state index contributed by atoms with van der Waals surface area (Å²) >= 11 is 0. The Labute approximate surface area is 157 Å². The molecule has 0 spiro atoms. The number of benzene rings is 1. The average Bonchev–Trinajstić information content (AvgIpc) is 3.41. The summed E-state index contributed by atoms with van der Waals surface area (Å²) in [6.07, 6.45) is 3.95. The van der Waals surface area contributed by atoms with Crippen molar-refractivity contribution in [1.82, 2.24) is 15.5 Å². The van der Waals surface area contributed by atoms with Crippen LogP contribution in [-0.2, 0) is 4.79 Å². The van der Waals surface area contributed by atoms with Crippen LogP contribution in [0.15, 0.2) is 29.3 Å². The molecule has 0 aromatic heterocycles. The molecule has 5 nitrogen and oxygen atoms in total. The van der Waals surface area contributed by atoms with Gasteiger partial charge >= 0.3 is 0 Å². The van der Waals surface area contributed by atoms with Crippen LogP contribution in [0.25, 0.3) is 0 Å². The number of aliphatic imine (C=N–C) groups is 1. The summed E-state index contributed by atoms with van der Waals surface area (Å²) in [4.78, 5) is 18.7. The van der Waals surface area contributed by atoms with E-state index in [4.69, 9.17) is 4.99 Å². The zero-order valence-electron chi connectivity index (χ0n) is 16.3. The number of amides is 1. The van der Waals surface area contributed by atoms with Gasteiger partial charge in [0.15, 0.2) is 5.96 Å². The number of carbonyl (C=O) groups is 1. The van der Waals surface area contributed by atoms with E-state index in [1.165, 1.54) is 17.5 Å². The van der Waals surface area contributed by atoms with Crippen molar-refractivity contribution in [3.63, 3.8) is 0 Å². The quantitative estimate of drug-likeness (QED) is 0.630. The second-order valence-corrected chi connectivity index (χ2v) is 7.56. The van der Waals surface area contributed by atoms with Crippen molar-refractivity contribution in [3.8, 4) is 0 Å². The van der Waals surface area contributed by atoms with Gasteiger partial charge in [0.05, 0.1) is 0 Å². The molecular weight excluding hydrogens is 324 g/mol. The fraction of sp³-hybridized carbons (Fsp3) is 0.619. The Morgan fingerprint density at radius 3 is 2.65 bits per heavy atom. The molecule has 1 aromatic rings. The molecule has 2 unspecified atom stereocenters. The zero-order valence-corrected chi connectivity index (χ0v) is 16.3. The number of nitrogens with zero attached hydrogens (tertiary/aromatic N) is 2. The van der Waals surface area contributed by atoms with E-state index in [1.54, 1.807) is 7.05 Å². The van der Waals surface area contributed by atoms with Gasteiger partial charge in [0.2, 0.25) is 5.91 Å². The Hall–Kier alpha value is -2.04. The second kappa shape index (κ2) is 8.56. The molecule has 1 amide bonds. The van der Waals surface area contributed by atoms with Gasteiger partial charge in [-0.25, -0.2) is 0 Å². The van der Waals surface area contributed by atoms with Crippen LogP contribution in [0, 0.1) is 12.8 Å². The van der Waals surface area contributed by atoms with Crippen molar-refractivity contribution in [2.75, 3.05) is 26.7 Å². The van der Waals surface area contributed by atoms with Gasteiger partial charge in [-0.05, 0) is 50.2 Å². The molecule has 1 aliphatic heterocycles. The highest BCUT2D eigenvalue weighted by molar-refractivity contribution is 5.81. The summed E-state index contributed by atoms with van der Waals surface area (Å²) in [5, 5.41) is 6.44. The Balaban J connectivity index is 1.54. The molecule has 1 heterocycles. The molecule has 1 saturated heterocycles. The van der Waals surface area contributed by atoms with E-state index in [-0.39, 0.29) is 5.91 Å². The van der Waals surface area contributed by atoms with Crippen molar-refractivity contribution in [3.05, 3.63) is 35.4 Å². The maximum absolute atomic E-state index is 11.6. The van der Waals surface area contributed by atoms with E-state index in [2.05, 4.69) is 53.6 Å². The van der Waals surface area contributed by atoms with E-state index in [0.29, 0.717) is 24.3 Å². The first-order valence-electron chi connectivity index (χ1n) is 9.94. The first-order valence-corrected chi connectivity index (χ1v) is 9.94. The largest absolute Gasteiger partial charge is 0.359 e. The highest BCUT2D eigenvalue weighted by Gasteiger charge is 2.40. The molecule has 2 N–H and O–H groups in total.